The Balaban J connectivity index is 1.62. The second kappa shape index (κ2) is 8.41. The van der Waals surface area contributed by atoms with E-state index in [0.717, 1.165) is 11.3 Å². The Morgan fingerprint density at radius 3 is 2.59 bits per heavy atom. The number of benzene rings is 2. The first-order valence-electron chi connectivity index (χ1n) is 8.24. The maximum atomic E-state index is 12.5. The van der Waals surface area contributed by atoms with Crippen LogP contribution in [0.25, 0.3) is 5.69 Å². The molecule has 3 rings (SSSR count). The number of likely N-dealkylation sites (N-methyl/N-ethyl adjacent to an activating group) is 1. The van der Waals surface area contributed by atoms with E-state index in [1.54, 1.807) is 41.2 Å². The molecule has 0 fully saturated rings. The number of amides is 1. The molecule has 0 aliphatic heterocycles. The third kappa shape index (κ3) is 4.59. The van der Waals surface area contributed by atoms with Gasteiger partial charge in [0.1, 0.15) is 18.4 Å². The lowest BCUT2D eigenvalue weighted by Crippen LogP contribution is -2.33. The van der Waals surface area contributed by atoms with E-state index >= 15 is 0 Å². The number of hydrogen-bond donors (Lipinski definition) is 0. The molecule has 1 amide bonds. The molecular formula is C19H18Cl2N4O2. The molecular weight excluding hydrogens is 387 g/mol. The highest BCUT2D eigenvalue weighted by molar-refractivity contribution is 6.35. The SMILES string of the molecule is CC(c1ccc(-n2cncn2)cc1)N(C)C(=O)COc1ccc(Cl)cc1Cl. The average molecular weight is 405 g/mol. The Morgan fingerprint density at radius 2 is 1.96 bits per heavy atom. The first-order chi connectivity index (χ1) is 13.0. The molecule has 1 unspecified atom stereocenters. The first-order valence-corrected chi connectivity index (χ1v) is 9.00. The fourth-order valence-electron chi connectivity index (χ4n) is 2.52. The molecule has 1 atom stereocenters. The molecule has 6 nitrogen and oxygen atoms in total. The van der Waals surface area contributed by atoms with Crippen molar-refractivity contribution in [3.63, 3.8) is 0 Å². The zero-order valence-corrected chi connectivity index (χ0v) is 16.4. The van der Waals surface area contributed by atoms with Gasteiger partial charge in [0.05, 0.1) is 16.8 Å². The molecule has 1 aromatic heterocycles. The number of hydrogen-bond acceptors (Lipinski definition) is 4. The zero-order valence-electron chi connectivity index (χ0n) is 14.8. The first kappa shape index (κ1) is 19.2. The van der Waals surface area contributed by atoms with Crippen LogP contribution in [0, 0.1) is 0 Å². The molecule has 3 aromatic rings. The number of carbonyl (C=O) groups is 1. The minimum Gasteiger partial charge on any atom is -0.482 e. The molecule has 0 radical (unpaired) electrons. The predicted molar refractivity (Wildman–Crippen MR) is 105 cm³/mol. The van der Waals surface area contributed by atoms with Crippen molar-refractivity contribution in [1.29, 1.82) is 0 Å². The van der Waals surface area contributed by atoms with E-state index in [1.807, 2.05) is 31.2 Å². The second-order valence-corrected chi connectivity index (χ2v) is 6.82. The number of rotatable bonds is 6. The highest BCUT2D eigenvalue weighted by Gasteiger charge is 2.18. The van der Waals surface area contributed by atoms with Crippen LogP contribution in [0.1, 0.15) is 18.5 Å². The number of ether oxygens (including phenoxy) is 1. The summed E-state index contributed by atoms with van der Waals surface area (Å²) >= 11 is 11.9. The van der Waals surface area contributed by atoms with Crippen molar-refractivity contribution < 1.29 is 9.53 Å². The van der Waals surface area contributed by atoms with E-state index in [2.05, 4.69) is 10.1 Å². The van der Waals surface area contributed by atoms with E-state index in [4.69, 9.17) is 27.9 Å². The summed E-state index contributed by atoms with van der Waals surface area (Å²) in [6.45, 7) is 1.84. The molecule has 2 aromatic carbocycles. The monoisotopic (exact) mass is 404 g/mol. The molecule has 0 aliphatic carbocycles. The minimum atomic E-state index is -0.158. The molecule has 0 saturated heterocycles. The van der Waals surface area contributed by atoms with E-state index in [0.29, 0.717) is 15.8 Å². The fourth-order valence-corrected chi connectivity index (χ4v) is 2.98. The van der Waals surface area contributed by atoms with Gasteiger partial charge in [0.25, 0.3) is 5.91 Å². The van der Waals surface area contributed by atoms with Crippen molar-refractivity contribution in [3.8, 4) is 11.4 Å². The van der Waals surface area contributed by atoms with Gasteiger partial charge in [-0.3, -0.25) is 4.79 Å². The van der Waals surface area contributed by atoms with Gasteiger partial charge in [0, 0.05) is 12.1 Å². The third-order valence-corrected chi connectivity index (χ3v) is 4.81. The normalized spacial score (nSPS) is 11.9. The quantitative estimate of drug-likeness (QED) is 0.618. The minimum absolute atomic E-state index is 0.112. The van der Waals surface area contributed by atoms with Gasteiger partial charge in [-0.05, 0) is 42.8 Å². The smallest absolute Gasteiger partial charge is 0.260 e. The summed E-state index contributed by atoms with van der Waals surface area (Å²) in [5, 5.41) is 4.98. The van der Waals surface area contributed by atoms with Gasteiger partial charge < -0.3 is 9.64 Å². The molecule has 0 bridgehead atoms. The largest absolute Gasteiger partial charge is 0.482 e. The summed E-state index contributed by atoms with van der Waals surface area (Å²) in [6.07, 6.45) is 3.11. The predicted octanol–water partition coefficient (Wildman–Crippen LogP) is 4.17. The number of aromatic nitrogens is 3. The summed E-state index contributed by atoms with van der Waals surface area (Å²) in [5.74, 6) is 0.265. The molecule has 0 N–H and O–H groups in total. The van der Waals surface area contributed by atoms with Crippen LogP contribution < -0.4 is 4.74 Å². The van der Waals surface area contributed by atoms with E-state index in [9.17, 15) is 4.79 Å². The van der Waals surface area contributed by atoms with E-state index < -0.39 is 0 Å². The van der Waals surface area contributed by atoms with Gasteiger partial charge in [-0.1, -0.05) is 35.3 Å². The van der Waals surface area contributed by atoms with E-state index in [1.165, 1.54) is 6.33 Å². The fraction of sp³-hybridized carbons (Fsp3) is 0.211. The van der Waals surface area contributed by atoms with Gasteiger partial charge in [0.2, 0.25) is 0 Å². The van der Waals surface area contributed by atoms with Crippen LogP contribution in [-0.2, 0) is 4.79 Å². The summed E-state index contributed by atoms with van der Waals surface area (Å²) in [4.78, 5) is 18.0. The van der Waals surface area contributed by atoms with Crippen LogP contribution in [0.3, 0.4) is 0 Å². The number of carbonyl (C=O) groups excluding carboxylic acids is 1. The second-order valence-electron chi connectivity index (χ2n) is 5.98. The van der Waals surface area contributed by atoms with Gasteiger partial charge in [-0.2, -0.15) is 5.10 Å². The topological polar surface area (TPSA) is 60.2 Å². The Labute approximate surface area is 167 Å². The molecule has 8 heteroatoms. The van der Waals surface area contributed by atoms with Gasteiger partial charge in [-0.15, -0.1) is 0 Å². The highest BCUT2D eigenvalue weighted by atomic mass is 35.5. The molecule has 1 heterocycles. The molecule has 140 valence electrons. The van der Waals surface area contributed by atoms with Crippen LogP contribution in [0.15, 0.2) is 55.1 Å². The van der Waals surface area contributed by atoms with Crippen molar-refractivity contribution >= 4 is 29.1 Å². The van der Waals surface area contributed by atoms with Crippen LogP contribution in [0.4, 0.5) is 0 Å². The Hall–Kier alpha value is -2.57. The lowest BCUT2D eigenvalue weighted by molar-refractivity contribution is -0.134. The van der Waals surface area contributed by atoms with Crippen molar-refractivity contribution in [2.24, 2.45) is 0 Å². The molecule has 0 aliphatic rings. The van der Waals surface area contributed by atoms with Crippen molar-refractivity contribution in [1.82, 2.24) is 19.7 Å². The Kier molecular flexibility index (Phi) is 5.98. The third-order valence-electron chi connectivity index (χ3n) is 4.28. The maximum Gasteiger partial charge on any atom is 0.260 e. The standard InChI is InChI=1S/C19H18Cl2N4O2/c1-13(14-3-6-16(7-4-14)25-12-22-11-23-25)24(2)19(26)10-27-18-8-5-15(20)9-17(18)21/h3-9,11-13H,10H2,1-2H3. The number of nitrogens with zero attached hydrogens (tertiary/aromatic N) is 4. The van der Waals surface area contributed by atoms with Gasteiger partial charge >= 0.3 is 0 Å². The summed E-state index contributed by atoms with van der Waals surface area (Å²) in [7, 11) is 1.74. The number of halogens is 2. The molecule has 0 saturated carbocycles. The van der Waals surface area contributed by atoms with Crippen LogP contribution in [-0.4, -0.2) is 39.2 Å². The lowest BCUT2D eigenvalue weighted by atomic mass is 10.1. The average Bonchev–Trinajstić information content (AvgIpc) is 3.21. The van der Waals surface area contributed by atoms with Crippen molar-refractivity contribution in [2.45, 2.75) is 13.0 Å². The summed E-state index contributed by atoms with van der Waals surface area (Å²) in [5.41, 5.74) is 1.90. The van der Waals surface area contributed by atoms with Gasteiger partial charge in [0.15, 0.2) is 6.61 Å². The lowest BCUT2D eigenvalue weighted by Gasteiger charge is -2.25. The van der Waals surface area contributed by atoms with E-state index in [-0.39, 0.29) is 18.6 Å². The Bertz CT molecular complexity index is 914. The zero-order chi connectivity index (χ0) is 19.4. The van der Waals surface area contributed by atoms with Gasteiger partial charge in [-0.25, -0.2) is 9.67 Å². The Morgan fingerprint density at radius 1 is 1.22 bits per heavy atom. The highest BCUT2D eigenvalue weighted by Crippen LogP contribution is 2.28. The molecule has 0 spiro atoms. The maximum absolute atomic E-state index is 12.5. The van der Waals surface area contributed by atoms with Crippen LogP contribution in [0.5, 0.6) is 5.75 Å². The van der Waals surface area contributed by atoms with Crippen molar-refractivity contribution in [2.75, 3.05) is 13.7 Å². The summed E-state index contributed by atoms with van der Waals surface area (Å²) < 4.78 is 7.20. The summed E-state index contributed by atoms with van der Waals surface area (Å²) in [6, 6.07) is 12.6. The molecule has 27 heavy (non-hydrogen) atoms. The van der Waals surface area contributed by atoms with Crippen molar-refractivity contribution in [3.05, 3.63) is 70.7 Å². The van der Waals surface area contributed by atoms with Crippen LogP contribution in [0.2, 0.25) is 10.0 Å². The van der Waals surface area contributed by atoms with Crippen LogP contribution >= 0.6 is 23.2 Å².